The Bertz CT molecular complexity index is 1080. The molecule has 0 radical (unpaired) electrons. The van der Waals surface area contributed by atoms with E-state index in [1.807, 2.05) is 12.1 Å². The van der Waals surface area contributed by atoms with Gasteiger partial charge in [0, 0.05) is 24.7 Å². The molecule has 2 aromatic carbocycles. The minimum Gasteiger partial charge on any atom is -0.497 e. The minimum atomic E-state index is -0.141. The van der Waals surface area contributed by atoms with E-state index in [9.17, 15) is 9.59 Å². The SMILES string of the molecule is COc1cc(OC)cc(C(=O)N2CCC(n3nnc4ccccc4c3=O)CC2)c1. The summed E-state index contributed by atoms with van der Waals surface area (Å²) < 4.78 is 12.0. The normalized spacial score (nSPS) is 14.8. The summed E-state index contributed by atoms with van der Waals surface area (Å²) in [5.74, 6) is 1.05. The van der Waals surface area contributed by atoms with Gasteiger partial charge < -0.3 is 14.4 Å². The number of likely N-dealkylation sites (tertiary alicyclic amines) is 1. The summed E-state index contributed by atoms with van der Waals surface area (Å²) >= 11 is 0. The molecule has 150 valence electrons. The van der Waals surface area contributed by atoms with E-state index < -0.39 is 0 Å². The molecule has 29 heavy (non-hydrogen) atoms. The molecule has 0 atom stereocenters. The van der Waals surface area contributed by atoms with Crippen molar-refractivity contribution in [2.45, 2.75) is 18.9 Å². The molecule has 0 aliphatic carbocycles. The largest absolute Gasteiger partial charge is 0.497 e. The highest BCUT2D eigenvalue weighted by Gasteiger charge is 2.27. The summed E-state index contributed by atoms with van der Waals surface area (Å²) in [6, 6.07) is 12.2. The zero-order chi connectivity index (χ0) is 20.4. The smallest absolute Gasteiger partial charge is 0.277 e. The van der Waals surface area contributed by atoms with Gasteiger partial charge in [-0.05, 0) is 37.1 Å². The molecule has 2 heterocycles. The number of methoxy groups -OCH3 is 2. The number of amides is 1. The van der Waals surface area contributed by atoms with Crippen LogP contribution >= 0.6 is 0 Å². The number of ether oxygens (including phenoxy) is 2. The maximum Gasteiger partial charge on any atom is 0.277 e. The molecule has 1 amide bonds. The van der Waals surface area contributed by atoms with Gasteiger partial charge in [0.05, 0.1) is 25.6 Å². The first kappa shape index (κ1) is 18.9. The van der Waals surface area contributed by atoms with Crippen molar-refractivity contribution in [1.29, 1.82) is 0 Å². The number of hydrogen-bond donors (Lipinski definition) is 0. The van der Waals surface area contributed by atoms with Crippen molar-refractivity contribution in [2.75, 3.05) is 27.3 Å². The zero-order valence-electron chi connectivity index (χ0n) is 16.4. The molecule has 0 unspecified atom stereocenters. The van der Waals surface area contributed by atoms with Crippen LogP contribution in [0.2, 0.25) is 0 Å². The molecule has 1 aromatic heterocycles. The van der Waals surface area contributed by atoms with E-state index in [0.29, 0.717) is 53.9 Å². The lowest BCUT2D eigenvalue weighted by Crippen LogP contribution is -2.41. The van der Waals surface area contributed by atoms with Crippen LogP contribution in [-0.2, 0) is 0 Å². The number of hydrogen-bond acceptors (Lipinski definition) is 6. The summed E-state index contributed by atoms with van der Waals surface area (Å²) in [6.45, 7) is 1.06. The Balaban J connectivity index is 1.51. The highest BCUT2D eigenvalue weighted by Crippen LogP contribution is 2.26. The summed E-state index contributed by atoms with van der Waals surface area (Å²) in [4.78, 5) is 27.5. The predicted octanol–water partition coefficient (Wildman–Crippen LogP) is 2.29. The number of fused-ring (bicyclic) bond motifs is 1. The van der Waals surface area contributed by atoms with Crippen molar-refractivity contribution in [3.8, 4) is 11.5 Å². The first-order valence-corrected chi connectivity index (χ1v) is 9.47. The third kappa shape index (κ3) is 3.65. The Morgan fingerprint density at radius 2 is 1.69 bits per heavy atom. The van der Waals surface area contributed by atoms with Crippen molar-refractivity contribution in [3.63, 3.8) is 0 Å². The molecule has 0 spiro atoms. The highest BCUT2D eigenvalue weighted by molar-refractivity contribution is 5.95. The highest BCUT2D eigenvalue weighted by atomic mass is 16.5. The maximum absolute atomic E-state index is 12.9. The molecule has 1 aliphatic rings. The summed E-state index contributed by atoms with van der Waals surface area (Å²) in [7, 11) is 3.10. The molecule has 0 bridgehead atoms. The average molecular weight is 394 g/mol. The van der Waals surface area contributed by atoms with Crippen LogP contribution in [0.1, 0.15) is 29.2 Å². The van der Waals surface area contributed by atoms with Crippen LogP contribution in [0, 0.1) is 0 Å². The number of aromatic nitrogens is 3. The third-order valence-electron chi connectivity index (χ3n) is 5.29. The van der Waals surface area contributed by atoms with Gasteiger partial charge >= 0.3 is 0 Å². The number of piperidine rings is 1. The fourth-order valence-electron chi connectivity index (χ4n) is 3.67. The van der Waals surface area contributed by atoms with Gasteiger partial charge in [0.2, 0.25) is 0 Å². The number of carbonyl (C=O) groups excluding carboxylic acids is 1. The minimum absolute atomic E-state index is 0.0801. The first-order chi connectivity index (χ1) is 14.1. The van der Waals surface area contributed by atoms with Gasteiger partial charge in [0.1, 0.15) is 17.0 Å². The Kier molecular flexibility index (Phi) is 5.16. The summed E-state index contributed by atoms with van der Waals surface area (Å²) in [5, 5.41) is 8.84. The van der Waals surface area contributed by atoms with Crippen molar-refractivity contribution in [1.82, 2.24) is 19.9 Å². The van der Waals surface area contributed by atoms with Crippen LogP contribution in [0.15, 0.2) is 47.3 Å². The van der Waals surface area contributed by atoms with Crippen molar-refractivity contribution >= 4 is 16.8 Å². The molecular formula is C21H22N4O4. The molecule has 8 heteroatoms. The number of rotatable bonds is 4. The standard InChI is InChI=1S/C21H22N4O4/c1-28-16-11-14(12-17(13-16)29-2)20(26)24-9-7-15(8-10-24)25-21(27)18-5-3-4-6-19(18)22-23-25/h3-6,11-13,15H,7-10H2,1-2H3. The van der Waals surface area contributed by atoms with E-state index in [1.165, 1.54) is 4.68 Å². The lowest BCUT2D eigenvalue weighted by Gasteiger charge is -2.32. The molecule has 1 saturated heterocycles. The zero-order valence-corrected chi connectivity index (χ0v) is 16.4. The van der Waals surface area contributed by atoms with E-state index in [1.54, 1.807) is 49.5 Å². The van der Waals surface area contributed by atoms with Crippen LogP contribution < -0.4 is 15.0 Å². The van der Waals surface area contributed by atoms with Gasteiger partial charge in [-0.15, -0.1) is 5.10 Å². The van der Waals surface area contributed by atoms with Crippen molar-refractivity contribution in [3.05, 3.63) is 58.4 Å². The number of benzene rings is 2. The molecule has 4 rings (SSSR count). The topological polar surface area (TPSA) is 86.6 Å². The Hall–Kier alpha value is -3.42. The predicted molar refractivity (Wildman–Crippen MR) is 108 cm³/mol. The number of carbonyl (C=O) groups is 1. The molecule has 0 saturated carbocycles. The average Bonchev–Trinajstić information content (AvgIpc) is 2.78. The Morgan fingerprint density at radius 1 is 1.03 bits per heavy atom. The van der Waals surface area contributed by atoms with Gasteiger partial charge in [0.15, 0.2) is 0 Å². The van der Waals surface area contributed by atoms with E-state index >= 15 is 0 Å². The van der Waals surface area contributed by atoms with Crippen molar-refractivity contribution in [2.24, 2.45) is 0 Å². The van der Waals surface area contributed by atoms with Gasteiger partial charge in [-0.1, -0.05) is 17.3 Å². The lowest BCUT2D eigenvalue weighted by molar-refractivity contribution is 0.0686. The molecule has 1 aliphatic heterocycles. The van der Waals surface area contributed by atoms with Gasteiger partial charge in [-0.2, -0.15) is 0 Å². The van der Waals surface area contributed by atoms with Crippen LogP contribution in [0.5, 0.6) is 11.5 Å². The van der Waals surface area contributed by atoms with E-state index in [2.05, 4.69) is 10.3 Å². The second-order valence-corrected chi connectivity index (χ2v) is 6.98. The van der Waals surface area contributed by atoms with Crippen molar-refractivity contribution < 1.29 is 14.3 Å². The summed E-state index contributed by atoms with van der Waals surface area (Å²) in [5.41, 5.74) is 0.966. The molecule has 3 aromatic rings. The van der Waals surface area contributed by atoms with Crippen LogP contribution in [0.3, 0.4) is 0 Å². The fraction of sp³-hybridized carbons (Fsp3) is 0.333. The summed E-state index contributed by atoms with van der Waals surface area (Å²) in [6.07, 6.45) is 1.28. The van der Waals surface area contributed by atoms with E-state index in [4.69, 9.17) is 9.47 Å². The van der Waals surface area contributed by atoms with Gasteiger partial charge in [-0.3, -0.25) is 9.59 Å². The fourth-order valence-corrected chi connectivity index (χ4v) is 3.67. The Morgan fingerprint density at radius 3 is 2.34 bits per heavy atom. The van der Waals surface area contributed by atoms with Gasteiger partial charge in [-0.25, -0.2) is 4.68 Å². The van der Waals surface area contributed by atoms with E-state index in [-0.39, 0.29) is 17.5 Å². The van der Waals surface area contributed by atoms with Crippen LogP contribution in [0.25, 0.3) is 10.9 Å². The first-order valence-electron chi connectivity index (χ1n) is 9.47. The van der Waals surface area contributed by atoms with Crippen LogP contribution in [-0.4, -0.2) is 53.1 Å². The number of nitrogens with zero attached hydrogens (tertiary/aromatic N) is 4. The monoisotopic (exact) mass is 394 g/mol. The molecule has 0 N–H and O–H groups in total. The van der Waals surface area contributed by atoms with E-state index in [0.717, 1.165) is 0 Å². The quantitative estimate of drug-likeness (QED) is 0.675. The van der Waals surface area contributed by atoms with Crippen LogP contribution in [0.4, 0.5) is 0 Å². The third-order valence-corrected chi connectivity index (χ3v) is 5.29. The molecular weight excluding hydrogens is 372 g/mol. The van der Waals surface area contributed by atoms with Gasteiger partial charge in [0.25, 0.3) is 11.5 Å². The lowest BCUT2D eigenvalue weighted by atomic mass is 10.0. The Labute approximate surface area is 167 Å². The second-order valence-electron chi connectivity index (χ2n) is 6.98. The maximum atomic E-state index is 12.9. The second kappa shape index (κ2) is 7.90. The molecule has 1 fully saturated rings. The molecule has 8 nitrogen and oxygen atoms in total.